The molecule has 0 saturated carbocycles. The summed E-state index contributed by atoms with van der Waals surface area (Å²) >= 11 is 0. The molecule has 0 aromatic carbocycles. The molecule has 4 heteroatoms. The van der Waals surface area contributed by atoms with E-state index < -0.39 is 6.68 Å². The average molecular weight is 86.0 g/mol. The summed E-state index contributed by atoms with van der Waals surface area (Å²) in [6.45, 7) is -3.08. The first kappa shape index (κ1) is 8.83. The van der Waals surface area contributed by atoms with Crippen molar-refractivity contribution in [1.82, 2.24) is 6.15 Å². The van der Waals surface area contributed by atoms with Gasteiger partial charge >= 0.3 is 6.68 Å². The highest BCUT2D eigenvalue weighted by atomic mass is 19.4. The molecule has 0 aliphatic rings. The van der Waals surface area contributed by atoms with Crippen LogP contribution >= 0.6 is 0 Å². The number of hydrogen-bond donors (Lipinski definition) is 1. The zero-order valence-electron chi connectivity index (χ0n) is 2.34. The zero-order chi connectivity index (χ0) is 3.58. The van der Waals surface area contributed by atoms with Crippen molar-refractivity contribution in [3.05, 3.63) is 6.68 Å². The third kappa shape index (κ3) is 184. The highest BCUT2D eigenvalue weighted by Crippen LogP contribution is 1.99. The van der Waals surface area contributed by atoms with Crippen LogP contribution in [0.2, 0.25) is 0 Å². The topological polar surface area (TPSA) is 35.0 Å². The van der Waals surface area contributed by atoms with Crippen molar-refractivity contribution in [3.63, 3.8) is 0 Å². The molecule has 0 heterocycles. The number of rotatable bonds is 0. The Kier molecular flexibility index (Phi) is 6.62. The summed E-state index contributed by atoms with van der Waals surface area (Å²) < 4.78 is 28.8. The van der Waals surface area contributed by atoms with Gasteiger partial charge in [-0.1, -0.05) is 0 Å². The van der Waals surface area contributed by atoms with Crippen LogP contribution < -0.4 is 6.15 Å². The summed E-state index contributed by atoms with van der Waals surface area (Å²) in [5.74, 6) is 0. The Morgan fingerprint density at radius 1 is 1.00 bits per heavy atom. The Labute approximate surface area is 27.4 Å². The first-order chi connectivity index (χ1) is 1.73. The van der Waals surface area contributed by atoms with Gasteiger partial charge in [0.25, 0.3) is 0 Å². The second kappa shape index (κ2) is 3.75. The molecule has 0 aromatic heterocycles. The van der Waals surface area contributed by atoms with Crippen molar-refractivity contribution in [2.24, 2.45) is 0 Å². The van der Waals surface area contributed by atoms with Gasteiger partial charge in [-0.25, -0.2) is 0 Å². The maximum absolute atomic E-state index is 9.58. The molecular weight excluding hydrogens is 83.0 g/mol. The second-order valence-electron chi connectivity index (χ2n) is 0.214. The molecule has 0 bridgehead atoms. The predicted molar refractivity (Wildman–Crippen MR) is 11.6 cm³/mol. The van der Waals surface area contributed by atoms with Crippen molar-refractivity contribution >= 4 is 0 Å². The van der Waals surface area contributed by atoms with Crippen LogP contribution in [0.3, 0.4) is 0 Å². The predicted octanol–water partition coefficient (Wildman–Crippen LogP) is 1.50. The molecule has 3 N–H and O–H groups in total. The van der Waals surface area contributed by atoms with Gasteiger partial charge in [0.1, 0.15) is 0 Å². The minimum atomic E-state index is -3.08. The van der Waals surface area contributed by atoms with Crippen LogP contribution in [0.1, 0.15) is 0 Å². The van der Waals surface area contributed by atoms with Gasteiger partial charge in [0.05, 0.1) is 0 Å². The largest absolute Gasteiger partial charge is 0.487 e. The maximum atomic E-state index is 9.58. The van der Waals surface area contributed by atoms with E-state index in [0.29, 0.717) is 0 Å². The minimum absolute atomic E-state index is 0. The summed E-state index contributed by atoms with van der Waals surface area (Å²) in [5.41, 5.74) is 0. The Morgan fingerprint density at radius 3 is 1.00 bits per heavy atom. The lowest BCUT2D eigenvalue weighted by Gasteiger charge is -1.60. The molecule has 1 nitrogen and oxygen atoms in total. The molecule has 5 heavy (non-hydrogen) atoms. The lowest BCUT2D eigenvalue weighted by atomic mass is 11.6. The highest BCUT2D eigenvalue weighted by Gasteiger charge is 1.93. The summed E-state index contributed by atoms with van der Waals surface area (Å²) in [6.07, 6.45) is 0. The normalized spacial score (nSPS) is 7.20. The van der Waals surface area contributed by atoms with Crippen molar-refractivity contribution in [2.45, 2.75) is 0 Å². The van der Waals surface area contributed by atoms with Crippen molar-refractivity contribution in [3.8, 4) is 0 Å². The molecule has 0 aliphatic heterocycles. The van der Waals surface area contributed by atoms with E-state index in [1.165, 1.54) is 0 Å². The fourth-order valence-corrected chi connectivity index (χ4v) is 0. The van der Waals surface area contributed by atoms with Gasteiger partial charge in [-0.2, -0.15) is 13.2 Å². The van der Waals surface area contributed by atoms with E-state index in [4.69, 9.17) is 0 Å². The van der Waals surface area contributed by atoms with Crippen LogP contribution in [0.5, 0.6) is 0 Å². The van der Waals surface area contributed by atoms with E-state index in [-0.39, 0.29) is 6.15 Å². The van der Waals surface area contributed by atoms with E-state index in [0.717, 1.165) is 0 Å². The maximum Gasteiger partial charge on any atom is 0.487 e. The van der Waals surface area contributed by atoms with Crippen LogP contribution in [0.15, 0.2) is 0 Å². The first-order valence-corrected chi connectivity index (χ1v) is 0.567. The van der Waals surface area contributed by atoms with Gasteiger partial charge in [0, 0.05) is 0 Å². The Hall–Kier alpha value is -0.250. The molecule has 0 fully saturated rings. The lowest BCUT2D eigenvalue weighted by Crippen LogP contribution is -1.49. The Balaban J connectivity index is 0. The van der Waals surface area contributed by atoms with E-state index in [1.807, 2.05) is 0 Å². The Bertz CT molecular complexity index is 11.6. The molecule has 1 radical (unpaired) electrons. The highest BCUT2D eigenvalue weighted by molar-refractivity contribution is 4.21. The van der Waals surface area contributed by atoms with Gasteiger partial charge in [-0.3, -0.25) is 0 Å². The second-order valence-corrected chi connectivity index (χ2v) is 0.214. The molecule has 0 aliphatic carbocycles. The molecule has 33 valence electrons. The van der Waals surface area contributed by atoms with Crippen LogP contribution in [0, 0.1) is 6.68 Å². The fourth-order valence-electron chi connectivity index (χ4n) is 0. The lowest BCUT2D eigenvalue weighted by molar-refractivity contribution is 0.142. The van der Waals surface area contributed by atoms with E-state index >= 15 is 0 Å². The van der Waals surface area contributed by atoms with Crippen LogP contribution in [0.25, 0.3) is 0 Å². The van der Waals surface area contributed by atoms with Gasteiger partial charge in [-0.15, -0.1) is 0 Å². The van der Waals surface area contributed by atoms with Gasteiger partial charge in [-0.05, 0) is 0 Å². The van der Waals surface area contributed by atoms with Crippen molar-refractivity contribution in [2.75, 3.05) is 0 Å². The minimum Gasteiger partial charge on any atom is -0.344 e. The standard InChI is InChI=1S/CF3.H3N/c2-1(3)4;/h;1H3. The first-order valence-electron chi connectivity index (χ1n) is 0.567. The smallest absolute Gasteiger partial charge is 0.344 e. The van der Waals surface area contributed by atoms with Crippen LogP contribution in [0.4, 0.5) is 13.2 Å². The SMILES string of the molecule is F[C](F)F.N. The fraction of sp³-hybridized carbons (Fsp3) is 0. The van der Waals surface area contributed by atoms with Gasteiger partial charge in [0.2, 0.25) is 0 Å². The number of halogens is 3. The van der Waals surface area contributed by atoms with Gasteiger partial charge in [0.15, 0.2) is 0 Å². The summed E-state index contributed by atoms with van der Waals surface area (Å²) in [5, 5.41) is 0. The third-order valence-electron chi connectivity index (χ3n) is 0. The van der Waals surface area contributed by atoms with E-state index in [1.54, 1.807) is 0 Å². The molecule has 0 rings (SSSR count). The molecule has 0 aromatic rings. The van der Waals surface area contributed by atoms with E-state index in [2.05, 4.69) is 0 Å². The van der Waals surface area contributed by atoms with Crippen LogP contribution in [-0.4, -0.2) is 0 Å². The molecule has 0 atom stereocenters. The van der Waals surface area contributed by atoms with Gasteiger partial charge < -0.3 is 6.15 Å². The molecule has 0 saturated heterocycles. The Morgan fingerprint density at radius 2 is 1.00 bits per heavy atom. The third-order valence-corrected chi connectivity index (χ3v) is 0. The molecule has 0 spiro atoms. The number of hydrogen-bond acceptors (Lipinski definition) is 1. The quantitative estimate of drug-likeness (QED) is 0.476. The monoisotopic (exact) mass is 86.0 g/mol. The summed E-state index contributed by atoms with van der Waals surface area (Å²) in [6, 6.07) is 0. The average Bonchev–Trinajstić information content (AvgIpc) is 0.811. The van der Waals surface area contributed by atoms with Crippen LogP contribution in [-0.2, 0) is 0 Å². The molecule has 0 amide bonds. The zero-order valence-corrected chi connectivity index (χ0v) is 2.34. The summed E-state index contributed by atoms with van der Waals surface area (Å²) in [7, 11) is 0. The van der Waals surface area contributed by atoms with Crippen molar-refractivity contribution in [1.29, 1.82) is 0 Å². The summed E-state index contributed by atoms with van der Waals surface area (Å²) in [4.78, 5) is 0. The molecule has 0 unspecified atom stereocenters. The van der Waals surface area contributed by atoms with E-state index in [9.17, 15) is 13.2 Å². The van der Waals surface area contributed by atoms with Crippen molar-refractivity contribution < 1.29 is 13.2 Å². The molecular formula is CH3F3N.